The number of pyridine rings is 2. The maximum atomic E-state index is 13.6. The van der Waals surface area contributed by atoms with E-state index in [1.165, 1.54) is 75.4 Å². The zero-order valence-corrected chi connectivity index (χ0v) is 48.2. The van der Waals surface area contributed by atoms with Crippen LogP contribution in [0.3, 0.4) is 0 Å². The number of likely N-dealkylation sites (tertiary alicyclic amines) is 2. The quantitative estimate of drug-likeness (QED) is 0.0451. The van der Waals surface area contributed by atoms with Crippen LogP contribution in [0.2, 0.25) is 10.0 Å². The van der Waals surface area contributed by atoms with Crippen LogP contribution in [-0.2, 0) is 21.8 Å². The van der Waals surface area contributed by atoms with Gasteiger partial charge in [-0.05, 0) is 104 Å². The first-order valence-electron chi connectivity index (χ1n) is 25.1. The standard InChI is InChI=1S/C26H22ClF4N7O3.C14H7BrClF4N5.C12H17BN2O5/c1-37-7-5-16(13-37)41-23-17(24(39)40-2)9-14(11-32-23)18-12-33-25(34-15-3-4-20(28)19(27)10-15)35-22(18)38-8-6-21(36-38)26(29,30)31;15-8-6-21-13(22-7-1-2-10(17)9(16)5-7)23-12(8)25-4-3-11(24-25)14(18,19)20;1-15-4-3-9(7-15)20-11-10(12(16)19-2)5-8(6-14-11)13(17)18/h3-4,6,8-12,16H,5,7,13H2,1-2H3,(H,33,34,35);1-6H,(H,21,22,23);5-6,9,17-18H,3-4,7H2,1-2H3. The highest BCUT2D eigenvalue weighted by molar-refractivity contribution is 9.10. The number of rotatable bonds is 14. The zero-order chi connectivity index (χ0) is 62.2. The lowest BCUT2D eigenvalue weighted by Gasteiger charge is -2.17. The smallest absolute Gasteiger partial charge is 0.472 e. The van der Waals surface area contributed by atoms with Gasteiger partial charge in [-0.15, -0.1) is 0 Å². The third-order valence-corrected chi connectivity index (χ3v) is 13.6. The van der Waals surface area contributed by atoms with Crippen molar-refractivity contribution < 1.29 is 73.7 Å². The van der Waals surface area contributed by atoms with Crippen molar-refractivity contribution in [2.75, 3.05) is 65.1 Å². The van der Waals surface area contributed by atoms with Gasteiger partial charge in [-0.1, -0.05) is 23.2 Å². The summed E-state index contributed by atoms with van der Waals surface area (Å²) in [4.78, 5) is 53.6. The molecule has 452 valence electrons. The minimum absolute atomic E-state index is 0.0186. The number of esters is 2. The molecule has 4 N–H and O–H groups in total. The number of ether oxygens (including phenoxy) is 4. The Hall–Kier alpha value is -8.14. The highest BCUT2D eigenvalue weighted by atomic mass is 79.9. The first kappa shape index (κ1) is 63.9. The molecule has 0 bridgehead atoms. The van der Waals surface area contributed by atoms with Crippen LogP contribution in [0.15, 0.2) is 102 Å². The topological polar surface area (TPSA) is 255 Å². The second-order valence-corrected chi connectivity index (χ2v) is 20.4. The van der Waals surface area contributed by atoms with E-state index in [0.717, 1.165) is 78.5 Å². The van der Waals surface area contributed by atoms with E-state index >= 15 is 0 Å². The molecule has 2 saturated heterocycles. The number of alkyl halides is 6. The number of likely N-dealkylation sites (N-methyl/N-ethyl adjacent to an activating group) is 2. The number of methoxy groups -OCH3 is 2. The summed E-state index contributed by atoms with van der Waals surface area (Å²) in [5.74, 6) is -2.26. The van der Waals surface area contributed by atoms with Crippen LogP contribution in [0.25, 0.3) is 22.8 Å². The van der Waals surface area contributed by atoms with Crippen molar-refractivity contribution >= 4 is 86.9 Å². The molecule has 2 aliphatic rings. The molecule has 8 heterocycles. The van der Waals surface area contributed by atoms with Gasteiger partial charge in [-0.25, -0.2) is 47.7 Å². The Balaban J connectivity index is 0.000000182. The Morgan fingerprint density at radius 1 is 0.651 bits per heavy atom. The molecule has 2 unspecified atom stereocenters. The number of nitrogens with zero attached hydrogens (tertiary/aromatic N) is 12. The fraction of sp³-hybridized carbons (Fsp3) is 0.269. The summed E-state index contributed by atoms with van der Waals surface area (Å²) in [6.45, 7) is 3.15. The van der Waals surface area contributed by atoms with Crippen LogP contribution < -0.4 is 25.6 Å². The number of halogens is 11. The zero-order valence-electron chi connectivity index (χ0n) is 45.1. The number of aromatic nitrogens is 10. The summed E-state index contributed by atoms with van der Waals surface area (Å²) in [5.41, 5.74) is -0.722. The first-order valence-corrected chi connectivity index (χ1v) is 26.6. The molecule has 0 radical (unpaired) electrons. The van der Waals surface area contributed by atoms with Crippen molar-refractivity contribution in [2.24, 2.45) is 0 Å². The number of carbonyl (C=O) groups is 2. The third-order valence-electron chi connectivity index (χ3n) is 12.4. The van der Waals surface area contributed by atoms with Gasteiger partial charge in [-0.3, -0.25) is 0 Å². The summed E-state index contributed by atoms with van der Waals surface area (Å²) in [6, 6.07) is 12.1. The normalized spacial score (nSPS) is 15.2. The number of carbonyl (C=O) groups excluding carboxylic acids is 2. The van der Waals surface area contributed by atoms with E-state index in [-0.39, 0.29) is 85.3 Å². The number of hydrogen-bond acceptors (Lipinski definition) is 20. The van der Waals surface area contributed by atoms with Gasteiger partial charge in [0, 0.05) is 91.3 Å². The largest absolute Gasteiger partial charge is 0.490 e. The fourth-order valence-electron chi connectivity index (χ4n) is 8.19. The molecule has 0 amide bonds. The van der Waals surface area contributed by atoms with Crippen molar-refractivity contribution in [3.05, 3.63) is 147 Å². The van der Waals surface area contributed by atoms with Gasteiger partial charge in [0.15, 0.2) is 23.0 Å². The summed E-state index contributed by atoms with van der Waals surface area (Å²) in [7, 11) is 4.70. The summed E-state index contributed by atoms with van der Waals surface area (Å²) >= 11 is 14.7. The van der Waals surface area contributed by atoms with Gasteiger partial charge in [0.25, 0.3) is 0 Å². The average Bonchev–Trinajstić information content (AvgIpc) is 3.35. The van der Waals surface area contributed by atoms with Gasteiger partial charge in [0.2, 0.25) is 23.7 Å². The summed E-state index contributed by atoms with van der Waals surface area (Å²) in [5, 5.41) is 30.7. The van der Waals surface area contributed by atoms with E-state index in [9.17, 15) is 44.7 Å². The molecule has 86 heavy (non-hydrogen) atoms. The Morgan fingerprint density at radius 3 is 1.56 bits per heavy atom. The molecule has 2 aliphatic heterocycles. The van der Waals surface area contributed by atoms with Gasteiger partial charge >= 0.3 is 31.4 Å². The number of hydrogen-bond donors (Lipinski definition) is 4. The predicted octanol–water partition coefficient (Wildman–Crippen LogP) is 8.76. The predicted molar refractivity (Wildman–Crippen MR) is 298 cm³/mol. The van der Waals surface area contributed by atoms with Crippen LogP contribution in [-0.4, -0.2) is 155 Å². The second kappa shape index (κ2) is 27.5. The second-order valence-electron chi connectivity index (χ2n) is 18.7. The maximum Gasteiger partial charge on any atom is 0.490 e. The SMILES string of the molecule is COC(=O)c1cc(-c2cnc(Nc3ccc(F)c(Cl)c3)nc2-n2ccc(C(F)(F)F)n2)cnc1OC1CCN(C)C1.COC(=O)c1cc(B(O)O)cnc1OC1CCN(C)C1.Fc1ccc(Nc2ncc(Br)c(-n3ccc(C(F)(F)F)n3)n2)cc1Cl. The summed E-state index contributed by atoms with van der Waals surface area (Å²) in [6.07, 6.45) is -0.319. The minimum atomic E-state index is -4.70. The van der Waals surface area contributed by atoms with E-state index in [0.29, 0.717) is 22.4 Å². The molecule has 6 aromatic heterocycles. The van der Waals surface area contributed by atoms with E-state index in [1.807, 2.05) is 14.1 Å². The third kappa shape index (κ3) is 16.2. The molecule has 22 nitrogen and oxygen atoms in total. The van der Waals surface area contributed by atoms with E-state index in [4.69, 9.17) is 47.5 Å². The highest BCUT2D eigenvalue weighted by Crippen LogP contribution is 2.34. The average molecular weight is 1310 g/mol. The van der Waals surface area contributed by atoms with Gasteiger partial charge in [0.05, 0.1) is 28.7 Å². The van der Waals surface area contributed by atoms with Crippen molar-refractivity contribution in [3.8, 4) is 34.5 Å². The van der Waals surface area contributed by atoms with Gasteiger partial charge < -0.3 is 49.4 Å². The monoisotopic (exact) mass is 1310 g/mol. The van der Waals surface area contributed by atoms with E-state index in [1.54, 1.807) is 0 Å². The molecule has 0 aliphatic carbocycles. The lowest BCUT2D eigenvalue weighted by Crippen LogP contribution is -2.32. The molecule has 8 aromatic rings. The van der Waals surface area contributed by atoms with Crippen LogP contribution in [0.4, 0.5) is 58.4 Å². The number of anilines is 4. The fourth-order valence-corrected chi connectivity index (χ4v) is 8.92. The molecule has 2 atom stereocenters. The number of nitrogens with one attached hydrogen (secondary N) is 2. The molecule has 10 rings (SSSR count). The minimum Gasteiger partial charge on any atom is -0.472 e. The molecule has 2 aromatic carbocycles. The van der Waals surface area contributed by atoms with Crippen LogP contribution in [0.5, 0.6) is 11.8 Å². The van der Waals surface area contributed by atoms with Gasteiger partial charge in [0.1, 0.15) is 35.0 Å². The van der Waals surface area contributed by atoms with Crippen LogP contribution in [0, 0.1) is 11.6 Å². The van der Waals surface area contributed by atoms with Crippen LogP contribution >= 0.6 is 39.1 Å². The van der Waals surface area contributed by atoms with E-state index < -0.39 is 54.4 Å². The molecular weight excluding hydrogens is 1260 g/mol. The highest BCUT2D eigenvalue weighted by Gasteiger charge is 2.36. The summed E-state index contributed by atoms with van der Waals surface area (Å²) < 4.78 is 128. The lowest BCUT2D eigenvalue weighted by atomic mass is 9.81. The Morgan fingerprint density at radius 2 is 1.12 bits per heavy atom. The van der Waals surface area contributed by atoms with Crippen molar-refractivity contribution in [2.45, 2.75) is 37.4 Å². The first-order chi connectivity index (χ1) is 40.8. The molecule has 0 saturated carbocycles. The van der Waals surface area contributed by atoms with Gasteiger partial charge in [-0.2, -0.15) is 46.5 Å². The molecule has 2 fully saturated rings. The van der Waals surface area contributed by atoms with Crippen molar-refractivity contribution in [1.29, 1.82) is 0 Å². The van der Waals surface area contributed by atoms with Crippen molar-refractivity contribution in [3.63, 3.8) is 0 Å². The maximum absolute atomic E-state index is 13.6. The molecule has 0 spiro atoms. The Bertz CT molecular complexity index is 3740. The number of benzene rings is 2. The Labute approximate surface area is 501 Å². The van der Waals surface area contributed by atoms with Crippen molar-refractivity contribution in [1.82, 2.24) is 59.3 Å². The molecular formula is C52H46BBrCl2F8N14O8. The van der Waals surface area contributed by atoms with E-state index in [2.05, 4.69) is 81.2 Å². The van der Waals surface area contributed by atoms with Crippen LogP contribution in [0.1, 0.15) is 44.9 Å². The molecule has 34 heteroatoms. The Kier molecular flexibility index (Phi) is 20.4. The lowest BCUT2D eigenvalue weighted by molar-refractivity contribution is -0.142.